The fourth-order valence-electron chi connectivity index (χ4n) is 5.05. The van der Waals surface area contributed by atoms with Crippen LogP contribution in [0.1, 0.15) is 72.6 Å². The molecule has 0 bridgehead atoms. The third-order valence-electron chi connectivity index (χ3n) is 6.70. The average Bonchev–Trinajstić information content (AvgIpc) is 3.46. The van der Waals surface area contributed by atoms with Crippen molar-refractivity contribution in [3.63, 3.8) is 0 Å². The summed E-state index contributed by atoms with van der Waals surface area (Å²) >= 11 is 0. The molecule has 3 unspecified atom stereocenters. The van der Waals surface area contributed by atoms with E-state index in [1.165, 1.54) is 17.7 Å². The number of hydrogen-bond donors (Lipinski definition) is 2. The molecule has 3 fully saturated rings. The maximum Gasteiger partial charge on any atom is 0.405 e. The monoisotopic (exact) mass is 460 g/mol. The highest BCUT2D eigenvalue weighted by Crippen LogP contribution is 2.46. The van der Waals surface area contributed by atoms with Gasteiger partial charge in [-0.25, -0.2) is 4.79 Å². The summed E-state index contributed by atoms with van der Waals surface area (Å²) in [5.74, 6) is 0.486. The van der Waals surface area contributed by atoms with E-state index in [0.29, 0.717) is 5.92 Å². The first-order chi connectivity index (χ1) is 15.5. The quantitative estimate of drug-likeness (QED) is 0.319. The number of rotatable bonds is 8. The zero-order chi connectivity index (χ0) is 24.1. The summed E-state index contributed by atoms with van der Waals surface area (Å²) < 4.78 is 16.7. The summed E-state index contributed by atoms with van der Waals surface area (Å²) in [6, 6.07) is 0.194. The van der Waals surface area contributed by atoms with Crippen LogP contribution in [-0.4, -0.2) is 48.1 Å². The van der Waals surface area contributed by atoms with E-state index in [2.05, 4.69) is 44.3 Å². The largest absolute Gasteiger partial charge is 0.442 e. The van der Waals surface area contributed by atoms with Crippen molar-refractivity contribution in [1.82, 2.24) is 5.32 Å². The van der Waals surface area contributed by atoms with Crippen molar-refractivity contribution in [2.45, 2.75) is 102 Å². The molecule has 0 radical (unpaired) electrons. The van der Waals surface area contributed by atoms with Crippen LogP contribution in [0.3, 0.4) is 0 Å². The van der Waals surface area contributed by atoms with Gasteiger partial charge < -0.3 is 25.3 Å². The lowest BCUT2D eigenvalue weighted by Crippen LogP contribution is -2.43. The minimum atomic E-state index is -0.849. The molecule has 0 aromatic carbocycles. The van der Waals surface area contributed by atoms with Crippen molar-refractivity contribution in [1.29, 1.82) is 0 Å². The summed E-state index contributed by atoms with van der Waals surface area (Å²) in [6.07, 6.45) is 15.5. The number of primary amides is 1. The number of ether oxygens (including phenoxy) is 3. The van der Waals surface area contributed by atoms with Gasteiger partial charge in [-0.3, -0.25) is 4.79 Å². The number of epoxide rings is 1. The average molecular weight is 461 g/mol. The number of allylic oxidation sites excluding steroid dienone is 3. The van der Waals surface area contributed by atoms with Crippen molar-refractivity contribution in [2.75, 3.05) is 6.61 Å². The van der Waals surface area contributed by atoms with Gasteiger partial charge in [-0.05, 0) is 71.8 Å². The number of nitrogens with two attached hydrogens (primary N) is 1. The highest BCUT2D eigenvalue weighted by Gasteiger charge is 2.53. The molecule has 1 spiro atoms. The number of carbonyl (C=O) groups is 2. The molecule has 2 amide bonds. The SMILES string of the molecule is CC(C=CC1CC2(CO2)CC(C)(C)O1)=CCC1CCC(NC(=O)C=CC(C)OC(N)=O)CC1. The van der Waals surface area contributed by atoms with Crippen molar-refractivity contribution >= 4 is 12.0 Å². The summed E-state index contributed by atoms with van der Waals surface area (Å²) in [6.45, 7) is 8.96. The van der Waals surface area contributed by atoms with Gasteiger partial charge in [0.15, 0.2) is 0 Å². The first-order valence-corrected chi connectivity index (χ1v) is 12.2. The molecule has 0 aromatic heterocycles. The lowest BCUT2D eigenvalue weighted by molar-refractivity contribution is -0.117. The van der Waals surface area contributed by atoms with Gasteiger partial charge in [-0.2, -0.15) is 0 Å². The lowest BCUT2D eigenvalue weighted by atomic mass is 9.83. The Morgan fingerprint density at radius 1 is 1.21 bits per heavy atom. The van der Waals surface area contributed by atoms with E-state index >= 15 is 0 Å². The van der Waals surface area contributed by atoms with Crippen LogP contribution in [-0.2, 0) is 19.0 Å². The number of hydrogen-bond acceptors (Lipinski definition) is 5. The zero-order valence-corrected chi connectivity index (χ0v) is 20.5. The zero-order valence-electron chi connectivity index (χ0n) is 20.5. The molecule has 3 rings (SSSR count). The first-order valence-electron chi connectivity index (χ1n) is 12.2. The fourth-order valence-corrected chi connectivity index (χ4v) is 5.05. The Balaban J connectivity index is 1.36. The molecule has 3 N–H and O–H groups in total. The van der Waals surface area contributed by atoms with Crippen LogP contribution in [0.5, 0.6) is 0 Å². The second-order valence-electron chi connectivity index (χ2n) is 10.5. The van der Waals surface area contributed by atoms with Crippen LogP contribution in [0.15, 0.2) is 36.0 Å². The Kier molecular flexibility index (Phi) is 8.40. The molecule has 1 aliphatic carbocycles. The minimum absolute atomic E-state index is 0.0494. The summed E-state index contributed by atoms with van der Waals surface area (Å²) in [5.41, 5.74) is 6.14. The van der Waals surface area contributed by atoms with Gasteiger partial charge in [0.2, 0.25) is 5.91 Å². The minimum Gasteiger partial charge on any atom is -0.442 e. The Morgan fingerprint density at radius 2 is 1.91 bits per heavy atom. The van der Waals surface area contributed by atoms with Crippen LogP contribution in [0, 0.1) is 5.92 Å². The van der Waals surface area contributed by atoms with Crippen LogP contribution in [0.4, 0.5) is 4.79 Å². The smallest absolute Gasteiger partial charge is 0.405 e. The van der Waals surface area contributed by atoms with E-state index in [9.17, 15) is 9.59 Å². The molecule has 1 saturated carbocycles. The van der Waals surface area contributed by atoms with Gasteiger partial charge in [0.25, 0.3) is 0 Å². The van der Waals surface area contributed by atoms with Crippen molar-refractivity contribution in [2.24, 2.45) is 11.7 Å². The van der Waals surface area contributed by atoms with Gasteiger partial charge in [-0.15, -0.1) is 0 Å². The lowest BCUT2D eigenvalue weighted by Gasteiger charge is -2.38. The first kappa shape index (κ1) is 25.5. The Labute approximate surface area is 197 Å². The molecular formula is C26H40N2O5. The van der Waals surface area contributed by atoms with Gasteiger partial charge in [0.05, 0.1) is 23.9 Å². The number of carbonyl (C=O) groups excluding carboxylic acids is 2. The third-order valence-corrected chi connectivity index (χ3v) is 6.70. The van der Waals surface area contributed by atoms with E-state index < -0.39 is 12.2 Å². The van der Waals surface area contributed by atoms with E-state index in [1.807, 2.05) is 0 Å². The van der Waals surface area contributed by atoms with Crippen LogP contribution in [0.2, 0.25) is 0 Å². The molecule has 7 heteroatoms. The summed E-state index contributed by atoms with van der Waals surface area (Å²) in [5, 5.41) is 3.04. The Bertz CT molecular complexity index is 783. The second-order valence-corrected chi connectivity index (χ2v) is 10.5. The number of amides is 2. The summed E-state index contributed by atoms with van der Waals surface area (Å²) in [4.78, 5) is 22.8. The fraction of sp³-hybridized carbons (Fsp3) is 0.692. The molecular weight excluding hydrogens is 420 g/mol. The Hall–Kier alpha value is -2.12. The highest BCUT2D eigenvalue weighted by molar-refractivity contribution is 5.87. The van der Waals surface area contributed by atoms with Crippen molar-refractivity contribution in [3.8, 4) is 0 Å². The van der Waals surface area contributed by atoms with Gasteiger partial charge in [-0.1, -0.05) is 23.8 Å². The predicted octanol–water partition coefficient (Wildman–Crippen LogP) is 4.32. The van der Waals surface area contributed by atoms with Crippen molar-refractivity contribution in [3.05, 3.63) is 36.0 Å². The van der Waals surface area contributed by atoms with Crippen LogP contribution < -0.4 is 11.1 Å². The molecule has 2 heterocycles. The summed E-state index contributed by atoms with van der Waals surface area (Å²) in [7, 11) is 0. The normalized spacial score (nSPS) is 32.7. The maximum absolute atomic E-state index is 12.1. The second kappa shape index (κ2) is 10.9. The topological polar surface area (TPSA) is 103 Å². The van der Waals surface area contributed by atoms with Crippen molar-refractivity contribution < 1.29 is 23.8 Å². The molecule has 3 atom stereocenters. The van der Waals surface area contributed by atoms with Gasteiger partial charge in [0.1, 0.15) is 6.10 Å². The van der Waals surface area contributed by atoms with E-state index in [0.717, 1.165) is 51.6 Å². The molecule has 7 nitrogen and oxygen atoms in total. The number of nitrogens with one attached hydrogen (secondary N) is 1. The van der Waals surface area contributed by atoms with Gasteiger partial charge in [0, 0.05) is 25.0 Å². The standard InChI is InChI=1S/C26H40N2O5/c1-18(6-13-22-15-26(17-31-26)16-25(3,4)33-22)5-8-20-9-11-21(12-10-20)28-23(29)14-7-19(2)32-24(27)30/h5-7,13-14,19-22H,8-12,15-17H2,1-4H3,(H2,27,30)(H,28,29). The third kappa shape index (κ3) is 8.63. The van der Waals surface area contributed by atoms with E-state index in [1.54, 1.807) is 6.92 Å². The van der Waals surface area contributed by atoms with Gasteiger partial charge >= 0.3 is 6.09 Å². The highest BCUT2D eigenvalue weighted by atomic mass is 16.6. The van der Waals surface area contributed by atoms with E-state index in [4.69, 9.17) is 19.9 Å². The molecule has 0 aromatic rings. The van der Waals surface area contributed by atoms with Crippen LogP contribution in [0.25, 0.3) is 0 Å². The molecule has 2 aliphatic heterocycles. The predicted molar refractivity (Wildman–Crippen MR) is 128 cm³/mol. The van der Waals surface area contributed by atoms with E-state index in [-0.39, 0.29) is 29.3 Å². The molecule has 184 valence electrons. The van der Waals surface area contributed by atoms with Crippen LogP contribution >= 0.6 is 0 Å². The molecule has 2 saturated heterocycles. The maximum atomic E-state index is 12.1. The molecule has 3 aliphatic rings. The molecule has 33 heavy (non-hydrogen) atoms. The Morgan fingerprint density at radius 3 is 2.55 bits per heavy atom.